The summed E-state index contributed by atoms with van der Waals surface area (Å²) in [5.74, 6) is -0.989. The van der Waals surface area contributed by atoms with Gasteiger partial charge in [0, 0.05) is 32.7 Å². The highest BCUT2D eigenvalue weighted by molar-refractivity contribution is 7.85. The average Bonchev–Trinajstić information content (AvgIpc) is 2.26. The van der Waals surface area contributed by atoms with E-state index in [1.54, 1.807) is 0 Å². The highest BCUT2D eigenvalue weighted by atomic mass is 32.2. The molecule has 18 heavy (non-hydrogen) atoms. The van der Waals surface area contributed by atoms with Crippen LogP contribution in [0.5, 0.6) is 0 Å². The lowest BCUT2D eigenvalue weighted by atomic mass is 10.2. The third-order valence-electron chi connectivity index (χ3n) is 2.98. The standard InChI is InChI=1S/C10H20N2O5S/c13-10(14)2-4-12-7-5-11(6-8-12)3-1-9-18(15,16)17/h1-9H2,(H,13,14)(H,15,16,17). The first-order chi connectivity index (χ1) is 8.37. The molecule has 0 aromatic carbocycles. The van der Waals surface area contributed by atoms with E-state index >= 15 is 0 Å². The molecule has 1 heterocycles. The molecule has 1 fully saturated rings. The Balaban J connectivity index is 2.13. The SMILES string of the molecule is O=C(O)CCN1CCN(CCCS(=O)(=O)O)CC1. The Morgan fingerprint density at radius 2 is 1.56 bits per heavy atom. The van der Waals surface area contributed by atoms with E-state index in [-0.39, 0.29) is 12.2 Å². The average molecular weight is 280 g/mol. The Morgan fingerprint density at radius 1 is 1.06 bits per heavy atom. The van der Waals surface area contributed by atoms with Crippen LogP contribution >= 0.6 is 0 Å². The lowest BCUT2D eigenvalue weighted by Gasteiger charge is -2.34. The van der Waals surface area contributed by atoms with Crippen LogP contribution in [0.4, 0.5) is 0 Å². The van der Waals surface area contributed by atoms with Gasteiger partial charge in [-0.15, -0.1) is 0 Å². The Hall–Kier alpha value is -0.700. The van der Waals surface area contributed by atoms with Gasteiger partial charge >= 0.3 is 5.97 Å². The van der Waals surface area contributed by atoms with Crippen LogP contribution in [0.15, 0.2) is 0 Å². The van der Waals surface area contributed by atoms with Crippen LogP contribution in [0.3, 0.4) is 0 Å². The summed E-state index contributed by atoms with van der Waals surface area (Å²) < 4.78 is 29.7. The van der Waals surface area contributed by atoms with Crippen LogP contribution in [-0.4, -0.2) is 78.9 Å². The Morgan fingerprint density at radius 3 is 2.00 bits per heavy atom. The molecule has 7 nitrogen and oxygen atoms in total. The molecular formula is C10H20N2O5S. The quantitative estimate of drug-likeness (QED) is 0.598. The number of carboxylic acids is 1. The van der Waals surface area contributed by atoms with Gasteiger partial charge in [-0.1, -0.05) is 0 Å². The fourth-order valence-electron chi connectivity index (χ4n) is 1.96. The summed E-state index contributed by atoms with van der Waals surface area (Å²) in [7, 11) is -3.86. The predicted octanol–water partition coefficient (Wildman–Crippen LogP) is -0.643. The molecule has 0 aliphatic carbocycles. The maximum atomic E-state index is 10.5. The fourth-order valence-corrected chi connectivity index (χ4v) is 2.45. The van der Waals surface area contributed by atoms with Crippen molar-refractivity contribution in [2.24, 2.45) is 0 Å². The van der Waals surface area contributed by atoms with Crippen LogP contribution < -0.4 is 0 Å². The second-order valence-electron chi connectivity index (χ2n) is 4.47. The predicted molar refractivity (Wildman–Crippen MR) is 66.2 cm³/mol. The van der Waals surface area contributed by atoms with Gasteiger partial charge in [-0.2, -0.15) is 8.42 Å². The molecule has 0 unspecified atom stereocenters. The summed E-state index contributed by atoms with van der Waals surface area (Å²) in [4.78, 5) is 14.6. The second kappa shape index (κ2) is 7.03. The monoisotopic (exact) mass is 280 g/mol. The van der Waals surface area contributed by atoms with Gasteiger partial charge in [-0.05, 0) is 13.0 Å². The van der Waals surface area contributed by atoms with Gasteiger partial charge in [-0.3, -0.25) is 9.35 Å². The van der Waals surface area contributed by atoms with Crippen molar-refractivity contribution in [3.63, 3.8) is 0 Å². The van der Waals surface area contributed by atoms with Crippen molar-refractivity contribution in [2.75, 3.05) is 45.0 Å². The zero-order valence-corrected chi connectivity index (χ0v) is 11.1. The number of carbonyl (C=O) groups is 1. The van der Waals surface area contributed by atoms with E-state index in [9.17, 15) is 13.2 Å². The normalized spacial score (nSPS) is 18.9. The van der Waals surface area contributed by atoms with Crippen molar-refractivity contribution < 1.29 is 22.9 Å². The molecule has 1 saturated heterocycles. The molecule has 1 rings (SSSR count). The lowest BCUT2D eigenvalue weighted by molar-refractivity contribution is -0.137. The molecule has 0 atom stereocenters. The minimum Gasteiger partial charge on any atom is -0.481 e. The fraction of sp³-hybridized carbons (Fsp3) is 0.900. The molecular weight excluding hydrogens is 260 g/mol. The minimum atomic E-state index is -3.86. The van der Waals surface area contributed by atoms with E-state index in [1.807, 2.05) is 0 Å². The van der Waals surface area contributed by atoms with Crippen molar-refractivity contribution in [3.05, 3.63) is 0 Å². The molecule has 0 radical (unpaired) electrons. The maximum absolute atomic E-state index is 10.5. The summed E-state index contributed by atoms with van der Waals surface area (Å²) in [5.41, 5.74) is 0. The topological polar surface area (TPSA) is 98.2 Å². The minimum absolute atomic E-state index is 0.156. The van der Waals surface area contributed by atoms with E-state index in [1.165, 1.54) is 0 Å². The molecule has 0 bridgehead atoms. The highest BCUT2D eigenvalue weighted by Crippen LogP contribution is 2.04. The summed E-state index contributed by atoms with van der Waals surface area (Å²) in [5, 5.41) is 8.57. The summed E-state index contributed by atoms with van der Waals surface area (Å²) >= 11 is 0. The van der Waals surface area contributed by atoms with Crippen LogP contribution in [-0.2, 0) is 14.9 Å². The molecule has 1 aliphatic heterocycles. The molecule has 0 spiro atoms. The molecule has 0 saturated carbocycles. The maximum Gasteiger partial charge on any atom is 0.304 e. The smallest absolute Gasteiger partial charge is 0.304 e. The van der Waals surface area contributed by atoms with Crippen LogP contribution in [0.2, 0.25) is 0 Å². The first-order valence-electron chi connectivity index (χ1n) is 5.98. The van der Waals surface area contributed by atoms with E-state index in [0.717, 1.165) is 26.2 Å². The van der Waals surface area contributed by atoms with Gasteiger partial charge in [0.15, 0.2) is 0 Å². The first kappa shape index (κ1) is 15.4. The van der Waals surface area contributed by atoms with Crippen LogP contribution in [0.25, 0.3) is 0 Å². The number of carboxylic acid groups (broad SMARTS) is 1. The summed E-state index contributed by atoms with van der Waals surface area (Å²) in [6, 6.07) is 0. The van der Waals surface area contributed by atoms with Crippen LogP contribution in [0.1, 0.15) is 12.8 Å². The zero-order valence-electron chi connectivity index (χ0n) is 10.3. The number of hydrogen-bond donors (Lipinski definition) is 2. The van der Waals surface area contributed by atoms with Gasteiger partial charge in [0.05, 0.1) is 12.2 Å². The van der Waals surface area contributed by atoms with E-state index < -0.39 is 16.1 Å². The van der Waals surface area contributed by atoms with Crippen molar-refractivity contribution >= 4 is 16.1 Å². The Bertz CT molecular complexity index is 362. The van der Waals surface area contributed by atoms with Crippen molar-refractivity contribution in [2.45, 2.75) is 12.8 Å². The van der Waals surface area contributed by atoms with Crippen LogP contribution in [0, 0.1) is 0 Å². The van der Waals surface area contributed by atoms with Gasteiger partial charge in [0.25, 0.3) is 10.1 Å². The zero-order chi connectivity index (χ0) is 13.6. The van der Waals surface area contributed by atoms with Crippen molar-refractivity contribution in [3.8, 4) is 0 Å². The van der Waals surface area contributed by atoms with Gasteiger partial charge < -0.3 is 14.9 Å². The number of piperazine rings is 1. The van der Waals surface area contributed by atoms with Crippen molar-refractivity contribution in [1.29, 1.82) is 0 Å². The van der Waals surface area contributed by atoms with Crippen molar-refractivity contribution in [1.82, 2.24) is 9.80 Å². The number of hydrogen-bond acceptors (Lipinski definition) is 5. The van der Waals surface area contributed by atoms with Gasteiger partial charge in [-0.25, -0.2) is 0 Å². The van der Waals surface area contributed by atoms with Gasteiger partial charge in [0.1, 0.15) is 0 Å². The molecule has 106 valence electrons. The molecule has 2 N–H and O–H groups in total. The summed E-state index contributed by atoms with van der Waals surface area (Å²) in [6.07, 6.45) is 0.580. The number of rotatable bonds is 7. The summed E-state index contributed by atoms with van der Waals surface area (Å²) in [6.45, 7) is 4.44. The van der Waals surface area contributed by atoms with Gasteiger partial charge in [0.2, 0.25) is 0 Å². The number of aliphatic carboxylic acids is 1. The second-order valence-corrected chi connectivity index (χ2v) is 6.04. The molecule has 0 amide bonds. The first-order valence-corrected chi connectivity index (χ1v) is 7.59. The van der Waals surface area contributed by atoms with E-state index in [2.05, 4.69) is 9.80 Å². The highest BCUT2D eigenvalue weighted by Gasteiger charge is 2.17. The molecule has 1 aliphatic rings. The lowest BCUT2D eigenvalue weighted by Crippen LogP contribution is -2.47. The molecule has 0 aromatic heterocycles. The largest absolute Gasteiger partial charge is 0.481 e. The Kier molecular flexibility index (Phi) is 6.00. The van der Waals surface area contributed by atoms with E-state index in [4.69, 9.17) is 9.66 Å². The third-order valence-corrected chi connectivity index (χ3v) is 3.79. The molecule has 8 heteroatoms. The van der Waals surface area contributed by atoms with E-state index in [0.29, 0.717) is 19.5 Å². The third kappa shape index (κ3) is 6.90. The molecule has 0 aromatic rings. The Labute approximate surface area is 107 Å². The number of nitrogens with zero attached hydrogens (tertiary/aromatic N) is 2.